The molecule has 11 heteroatoms. The number of nitrogens with zero attached hydrogens (tertiary/aromatic N) is 3. The van der Waals surface area contributed by atoms with Crippen LogP contribution < -0.4 is 25.1 Å². The Labute approximate surface area is 290 Å². The molecule has 1 amide bonds. The van der Waals surface area contributed by atoms with Crippen LogP contribution >= 0.6 is 0 Å². The van der Waals surface area contributed by atoms with Gasteiger partial charge in [-0.2, -0.15) is 0 Å². The lowest BCUT2D eigenvalue weighted by Gasteiger charge is -2.33. The maximum absolute atomic E-state index is 14.8. The molecule has 1 unspecified atom stereocenters. The summed E-state index contributed by atoms with van der Waals surface area (Å²) in [7, 11) is 3.13. The fourth-order valence-electron chi connectivity index (χ4n) is 5.92. The van der Waals surface area contributed by atoms with E-state index in [1.54, 1.807) is 48.1 Å². The monoisotopic (exact) mass is 678 g/mol. The summed E-state index contributed by atoms with van der Waals surface area (Å²) in [6.07, 6.45) is 2.46. The number of nitrogens with one attached hydrogen (secondary N) is 1. The van der Waals surface area contributed by atoms with Crippen molar-refractivity contribution in [2.24, 2.45) is 0 Å². The summed E-state index contributed by atoms with van der Waals surface area (Å²) in [5.41, 5.74) is 2.93. The number of carbonyl (C=O) groups is 1. The molecule has 4 aromatic carbocycles. The summed E-state index contributed by atoms with van der Waals surface area (Å²) in [4.78, 5) is 33.6. The molecule has 6 rings (SSSR count). The minimum atomic E-state index is -0.478. The van der Waals surface area contributed by atoms with E-state index in [4.69, 9.17) is 23.9 Å². The van der Waals surface area contributed by atoms with E-state index in [2.05, 4.69) is 5.32 Å². The number of likely N-dealkylation sites (tertiary alicyclic amines) is 1. The summed E-state index contributed by atoms with van der Waals surface area (Å²) >= 11 is 0. The first kappa shape index (κ1) is 34.0. The van der Waals surface area contributed by atoms with E-state index in [-0.39, 0.29) is 43.7 Å². The summed E-state index contributed by atoms with van der Waals surface area (Å²) in [6, 6.07) is 28.4. The van der Waals surface area contributed by atoms with Gasteiger partial charge < -0.3 is 33.7 Å². The number of amides is 1. The summed E-state index contributed by atoms with van der Waals surface area (Å²) in [6.45, 7) is 1.37. The van der Waals surface area contributed by atoms with Crippen molar-refractivity contribution in [2.75, 3.05) is 32.6 Å². The molecule has 5 aromatic rings. The van der Waals surface area contributed by atoms with E-state index in [0.717, 1.165) is 16.7 Å². The first-order valence-electron chi connectivity index (χ1n) is 16.4. The number of hydrogen-bond acceptors (Lipinski definition) is 8. The van der Waals surface area contributed by atoms with E-state index >= 15 is 0 Å². The molecule has 1 N–H and O–H groups in total. The van der Waals surface area contributed by atoms with Gasteiger partial charge in [0.1, 0.15) is 36.3 Å². The van der Waals surface area contributed by atoms with Crippen LogP contribution in [-0.2, 0) is 24.5 Å². The Morgan fingerprint density at radius 2 is 1.64 bits per heavy atom. The van der Waals surface area contributed by atoms with Crippen molar-refractivity contribution < 1.29 is 28.1 Å². The maximum atomic E-state index is 14.8. The SMILES string of the molecule is COc1ccc(CNc2nc(-c3cc(F)ccc3OCc3ccccc3)cn(C3CCCN(C(=O)OCc4ccccc4)C3)c2=O)c(OC)c1. The van der Waals surface area contributed by atoms with Crippen LogP contribution in [-0.4, -0.2) is 47.9 Å². The fourth-order valence-corrected chi connectivity index (χ4v) is 5.92. The van der Waals surface area contributed by atoms with Gasteiger partial charge in [0.25, 0.3) is 5.56 Å². The van der Waals surface area contributed by atoms with Gasteiger partial charge in [-0.15, -0.1) is 0 Å². The van der Waals surface area contributed by atoms with Gasteiger partial charge in [-0.25, -0.2) is 14.2 Å². The molecule has 2 heterocycles. The van der Waals surface area contributed by atoms with Gasteiger partial charge in [0, 0.05) is 43.0 Å². The second-order valence-corrected chi connectivity index (χ2v) is 11.9. The molecule has 1 saturated heterocycles. The zero-order valence-corrected chi connectivity index (χ0v) is 28.0. The lowest BCUT2D eigenvalue weighted by molar-refractivity contribution is 0.0798. The third-order valence-corrected chi connectivity index (χ3v) is 8.58. The molecule has 1 aromatic heterocycles. The Balaban J connectivity index is 1.33. The summed E-state index contributed by atoms with van der Waals surface area (Å²) in [5, 5.41) is 3.19. The molecule has 0 spiro atoms. The lowest BCUT2D eigenvalue weighted by Crippen LogP contribution is -2.43. The van der Waals surface area contributed by atoms with Crippen LogP contribution in [0.2, 0.25) is 0 Å². The average molecular weight is 679 g/mol. The smallest absolute Gasteiger partial charge is 0.410 e. The normalized spacial score (nSPS) is 14.1. The molecule has 0 radical (unpaired) electrons. The maximum Gasteiger partial charge on any atom is 0.410 e. The largest absolute Gasteiger partial charge is 0.497 e. The van der Waals surface area contributed by atoms with Crippen molar-refractivity contribution in [1.29, 1.82) is 0 Å². The number of piperidine rings is 1. The standard InChI is InChI=1S/C39H39FN4O6/c1-47-32-17-15-29(36(21-32)48-2)22-41-37-38(45)44(31-14-9-19-43(23-31)39(46)50-26-28-12-7-4-8-13-28)24-34(42-37)33-20-30(40)16-18-35(33)49-25-27-10-5-3-6-11-27/h3-8,10-13,15-18,20-21,24,31H,9,14,19,22-23,25-26H2,1-2H3,(H,41,42). The molecule has 1 fully saturated rings. The Hall–Kier alpha value is -5.84. The summed E-state index contributed by atoms with van der Waals surface area (Å²) < 4.78 is 39.1. The molecule has 0 aliphatic carbocycles. The Morgan fingerprint density at radius 3 is 2.36 bits per heavy atom. The van der Waals surface area contributed by atoms with Gasteiger partial charge in [0.15, 0.2) is 5.82 Å². The van der Waals surface area contributed by atoms with Crippen molar-refractivity contribution in [3.8, 4) is 28.5 Å². The number of methoxy groups -OCH3 is 2. The number of benzene rings is 4. The highest BCUT2D eigenvalue weighted by molar-refractivity contribution is 5.69. The second-order valence-electron chi connectivity index (χ2n) is 11.9. The van der Waals surface area contributed by atoms with E-state index in [1.165, 1.54) is 12.1 Å². The van der Waals surface area contributed by atoms with Crippen LogP contribution in [0.4, 0.5) is 15.0 Å². The highest BCUT2D eigenvalue weighted by Crippen LogP contribution is 2.32. The van der Waals surface area contributed by atoms with E-state index in [0.29, 0.717) is 47.9 Å². The van der Waals surface area contributed by atoms with E-state index < -0.39 is 11.9 Å². The van der Waals surface area contributed by atoms with Crippen LogP contribution in [0.5, 0.6) is 17.2 Å². The van der Waals surface area contributed by atoms with Crippen LogP contribution in [0.3, 0.4) is 0 Å². The zero-order valence-electron chi connectivity index (χ0n) is 28.0. The predicted octanol–water partition coefficient (Wildman–Crippen LogP) is 7.23. The van der Waals surface area contributed by atoms with Gasteiger partial charge in [0.05, 0.1) is 26.0 Å². The fraction of sp³-hybridized carbons (Fsp3) is 0.256. The highest BCUT2D eigenvalue weighted by atomic mass is 19.1. The number of aromatic nitrogens is 2. The molecule has 0 saturated carbocycles. The Morgan fingerprint density at radius 1 is 0.900 bits per heavy atom. The molecule has 10 nitrogen and oxygen atoms in total. The van der Waals surface area contributed by atoms with E-state index in [9.17, 15) is 14.0 Å². The third-order valence-electron chi connectivity index (χ3n) is 8.58. The number of ether oxygens (including phenoxy) is 4. The molecule has 1 aliphatic rings. The van der Waals surface area contributed by atoms with Crippen molar-refractivity contribution in [1.82, 2.24) is 14.5 Å². The number of anilines is 1. The van der Waals surface area contributed by atoms with Gasteiger partial charge in [-0.1, -0.05) is 60.7 Å². The van der Waals surface area contributed by atoms with Gasteiger partial charge >= 0.3 is 6.09 Å². The molecule has 1 atom stereocenters. The Kier molecular flexibility index (Phi) is 10.9. The van der Waals surface area contributed by atoms with Crippen LogP contribution in [0.1, 0.15) is 35.6 Å². The number of rotatable bonds is 12. The number of carbonyl (C=O) groups excluding carboxylic acids is 1. The van der Waals surface area contributed by atoms with Gasteiger partial charge in [-0.3, -0.25) is 4.79 Å². The van der Waals surface area contributed by atoms with Crippen LogP contribution in [0, 0.1) is 5.82 Å². The first-order chi connectivity index (χ1) is 24.4. The van der Waals surface area contributed by atoms with Crippen molar-refractivity contribution in [2.45, 2.75) is 38.6 Å². The first-order valence-corrected chi connectivity index (χ1v) is 16.4. The quantitative estimate of drug-likeness (QED) is 0.147. The van der Waals surface area contributed by atoms with Gasteiger partial charge in [0.2, 0.25) is 0 Å². The molecule has 1 aliphatic heterocycles. The average Bonchev–Trinajstić information content (AvgIpc) is 3.16. The van der Waals surface area contributed by atoms with Crippen molar-refractivity contribution in [3.05, 3.63) is 136 Å². The molecule has 0 bridgehead atoms. The van der Waals surface area contributed by atoms with E-state index in [1.807, 2.05) is 66.7 Å². The van der Waals surface area contributed by atoms with Crippen LogP contribution in [0.15, 0.2) is 108 Å². The molecular weight excluding hydrogens is 639 g/mol. The van der Waals surface area contributed by atoms with Crippen molar-refractivity contribution >= 4 is 11.9 Å². The predicted molar refractivity (Wildman–Crippen MR) is 188 cm³/mol. The van der Waals surface area contributed by atoms with Gasteiger partial charge in [-0.05, 0) is 54.3 Å². The molecule has 258 valence electrons. The highest BCUT2D eigenvalue weighted by Gasteiger charge is 2.28. The third kappa shape index (κ3) is 8.23. The molecular formula is C39H39FN4O6. The topological polar surface area (TPSA) is 104 Å². The lowest BCUT2D eigenvalue weighted by atomic mass is 10.1. The van der Waals surface area contributed by atoms with Crippen molar-refractivity contribution in [3.63, 3.8) is 0 Å². The minimum Gasteiger partial charge on any atom is -0.497 e. The summed E-state index contributed by atoms with van der Waals surface area (Å²) in [5.74, 6) is 1.19. The Bertz CT molecular complexity index is 1970. The molecule has 50 heavy (non-hydrogen) atoms. The number of hydrogen-bond donors (Lipinski definition) is 1. The number of halogens is 1. The minimum absolute atomic E-state index is 0.0578. The van der Waals surface area contributed by atoms with Crippen LogP contribution in [0.25, 0.3) is 11.3 Å². The second kappa shape index (κ2) is 16.0. The zero-order chi connectivity index (χ0) is 34.9.